The second kappa shape index (κ2) is 9.24. The fraction of sp³-hybridized carbons (Fsp3) is 0.207. The number of methoxy groups -OCH3 is 1. The van der Waals surface area contributed by atoms with Crippen LogP contribution in [0.15, 0.2) is 72.3 Å². The minimum Gasteiger partial charge on any atom is -0.507 e. The van der Waals surface area contributed by atoms with E-state index in [4.69, 9.17) is 9.72 Å². The third-order valence-corrected chi connectivity index (χ3v) is 7.46. The Labute approximate surface area is 213 Å². The lowest BCUT2D eigenvalue weighted by atomic mass is 9.94. The smallest absolute Gasteiger partial charge is 0.301 e. The summed E-state index contributed by atoms with van der Waals surface area (Å²) in [5.74, 6) is -0.701. The molecule has 0 aliphatic carbocycles. The number of aliphatic hydroxyl groups excluding tert-OH is 1. The van der Waals surface area contributed by atoms with Gasteiger partial charge in [0.1, 0.15) is 11.5 Å². The molecule has 1 unspecified atom stereocenters. The molecule has 4 aromatic rings. The zero-order valence-electron chi connectivity index (χ0n) is 20.5. The standard InChI is InChI=1S/C29H26N2O4S/c1-16(2)19-10-13-22-23(15-19)36-29(30-22)31-25(20-7-5-6-17(3)14-20)24(27(33)28(31)34)26(32)18-8-11-21(35-4)12-9-18/h5-16,25,32H,1-4H3/b26-24+. The molecule has 36 heavy (non-hydrogen) atoms. The SMILES string of the molecule is COc1ccc(/C(O)=C2\C(=O)C(=O)N(c3nc4ccc(C(C)C)cc4s3)C2c2cccc(C)c2)cc1. The van der Waals surface area contributed by atoms with Crippen LogP contribution >= 0.6 is 11.3 Å². The van der Waals surface area contributed by atoms with Crippen LogP contribution in [0.2, 0.25) is 0 Å². The maximum atomic E-state index is 13.5. The van der Waals surface area contributed by atoms with E-state index >= 15 is 0 Å². The summed E-state index contributed by atoms with van der Waals surface area (Å²) in [5, 5.41) is 11.7. The maximum absolute atomic E-state index is 13.5. The summed E-state index contributed by atoms with van der Waals surface area (Å²) >= 11 is 1.37. The fourth-order valence-electron chi connectivity index (χ4n) is 4.48. The average Bonchev–Trinajstić information content (AvgIpc) is 3.41. The summed E-state index contributed by atoms with van der Waals surface area (Å²) in [5.41, 5.74) is 4.11. The van der Waals surface area contributed by atoms with Crippen molar-refractivity contribution in [2.45, 2.75) is 32.7 Å². The number of fused-ring (bicyclic) bond motifs is 1. The van der Waals surface area contributed by atoms with Crippen molar-refractivity contribution in [1.29, 1.82) is 0 Å². The minimum atomic E-state index is -0.808. The number of aryl methyl sites for hydroxylation is 1. The summed E-state index contributed by atoms with van der Waals surface area (Å²) in [7, 11) is 1.56. The van der Waals surface area contributed by atoms with Crippen molar-refractivity contribution in [3.05, 3.63) is 94.6 Å². The number of anilines is 1. The van der Waals surface area contributed by atoms with E-state index in [1.54, 1.807) is 31.4 Å². The van der Waals surface area contributed by atoms with Gasteiger partial charge >= 0.3 is 5.91 Å². The maximum Gasteiger partial charge on any atom is 0.301 e. The van der Waals surface area contributed by atoms with Gasteiger partial charge in [-0.2, -0.15) is 0 Å². The average molecular weight is 499 g/mol. The zero-order chi connectivity index (χ0) is 25.6. The van der Waals surface area contributed by atoms with Crippen LogP contribution in [-0.4, -0.2) is 28.9 Å². The molecule has 1 saturated heterocycles. The lowest BCUT2D eigenvalue weighted by molar-refractivity contribution is -0.132. The minimum absolute atomic E-state index is 0.0397. The molecule has 1 amide bonds. The van der Waals surface area contributed by atoms with Gasteiger partial charge < -0.3 is 9.84 Å². The molecule has 0 saturated carbocycles. The molecular formula is C29H26N2O4S. The van der Waals surface area contributed by atoms with Gasteiger partial charge in [-0.25, -0.2) is 4.98 Å². The molecule has 1 aliphatic rings. The third kappa shape index (κ3) is 4.05. The molecule has 2 heterocycles. The Morgan fingerprint density at radius 2 is 1.81 bits per heavy atom. The Morgan fingerprint density at radius 1 is 1.06 bits per heavy atom. The summed E-state index contributed by atoms with van der Waals surface area (Å²) in [4.78, 5) is 33.0. The van der Waals surface area contributed by atoms with Gasteiger partial charge in [-0.3, -0.25) is 14.5 Å². The first kappa shape index (κ1) is 23.8. The van der Waals surface area contributed by atoms with E-state index in [0.717, 1.165) is 21.3 Å². The molecular weight excluding hydrogens is 472 g/mol. The molecule has 5 rings (SSSR count). The van der Waals surface area contributed by atoms with Crippen molar-refractivity contribution in [1.82, 2.24) is 4.98 Å². The highest BCUT2D eigenvalue weighted by Crippen LogP contribution is 2.44. The van der Waals surface area contributed by atoms with Crippen LogP contribution in [0.1, 0.15) is 48.1 Å². The van der Waals surface area contributed by atoms with Crippen LogP contribution in [0.25, 0.3) is 16.0 Å². The topological polar surface area (TPSA) is 79.7 Å². The number of ether oxygens (including phenoxy) is 1. The summed E-state index contributed by atoms with van der Waals surface area (Å²) in [6.07, 6.45) is 0. The van der Waals surface area contributed by atoms with Gasteiger partial charge in [-0.05, 0) is 60.4 Å². The number of rotatable bonds is 5. The number of Topliss-reactive ketones (excluding diaryl/α,β-unsaturated/α-hetero) is 1. The lowest BCUT2D eigenvalue weighted by Crippen LogP contribution is -2.29. The van der Waals surface area contributed by atoms with E-state index in [1.807, 2.05) is 43.3 Å². The summed E-state index contributed by atoms with van der Waals surface area (Å²) < 4.78 is 6.15. The number of aliphatic hydroxyl groups is 1. The van der Waals surface area contributed by atoms with Crippen molar-refractivity contribution in [2.24, 2.45) is 0 Å². The molecule has 0 spiro atoms. The predicted octanol–water partition coefficient (Wildman–Crippen LogP) is 6.36. The number of hydrogen-bond donors (Lipinski definition) is 1. The van der Waals surface area contributed by atoms with E-state index < -0.39 is 17.7 Å². The lowest BCUT2D eigenvalue weighted by Gasteiger charge is -2.23. The summed E-state index contributed by atoms with van der Waals surface area (Å²) in [6.45, 7) is 6.20. The molecule has 1 aromatic heterocycles. The van der Waals surface area contributed by atoms with Crippen LogP contribution < -0.4 is 9.64 Å². The van der Waals surface area contributed by atoms with E-state index in [9.17, 15) is 14.7 Å². The second-order valence-electron chi connectivity index (χ2n) is 9.19. The van der Waals surface area contributed by atoms with Gasteiger partial charge in [-0.1, -0.05) is 61.1 Å². The van der Waals surface area contributed by atoms with Gasteiger partial charge in [0.25, 0.3) is 5.78 Å². The number of ketones is 1. The largest absolute Gasteiger partial charge is 0.507 e. The Hall–Kier alpha value is -3.97. The van der Waals surface area contributed by atoms with Crippen LogP contribution in [0, 0.1) is 6.92 Å². The summed E-state index contributed by atoms with van der Waals surface area (Å²) in [6, 6.07) is 19.6. The number of thiazole rings is 1. The Balaban J connectivity index is 1.70. The zero-order valence-corrected chi connectivity index (χ0v) is 21.3. The Morgan fingerprint density at radius 3 is 2.47 bits per heavy atom. The molecule has 7 heteroatoms. The van der Waals surface area contributed by atoms with Crippen LogP contribution in [0.3, 0.4) is 0 Å². The number of aromatic nitrogens is 1. The highest BCUT2D eigenvalue weighted by atomic mass is 32.1. The quantitative estimate of drug-likeness (QED) is 0.197. The van der Waals surface area contributed by atoms with Crippen molar-refractivity contribution in [3.8, 4) is 5.75 Å². The van der Waals surface area contributed by atoms with Gasteiger partial charge in [0, 0.05) is 5.56 Å². The van der Waals surface area contributed by atoms with Crippen molar-refractivity contribution < 1.29 is 19.4 Å². The van der Waals surface area contributed by atoms with Gasteiger partial charge in [0.2, 0.25) is 0 Å². The molecule has 1 N–H and O–H groups in total. The first-order valence-corrected chi connectivity index (χ1v) is 12.5. The van der Waals surface area contributed by atoms with Gasteiger partial charge in [0.15, 0.2) is 5.13 Å². The van der Waals surface area contributed by atoms with Crippen molar-refractivity contribution >= 4 is 44.1 Å². The van der Waals surface area contributed by atoms with Gasteiger partial charge in [0.05, 0.1) is 28.9 Å². The first-order chi connectivity index (χ1) is 17.3. The number of nitrogens with zero attached hydrogens (tertiary/aromatic N) is 2. The Kier molecular flexibility index (Phi) is 6.10. The normalized spacial score (nSPS) is 17.4. The molecule has 1 aliphatic heterocycles. The highest BCUT2D eigenvalue weighted by Gasteiger charge is 2.48. The highest BCUT2D eigenvalue weighted by molar-refractivity contribution is 7.22. The molecule has 3 aromatic carbocycles. The molecule has 1 atom stereocenters. The number of amides is 1. The number of benzene rings is 3. The molecule has 182 valence electrons. The molecule has 6 nitrogen and oxygen atoms in total. The van der Waals surface area contributed by atoms with Crippen molar-refractivity contribution in [2.75, 3.05) is 12.0 Å². The van der Waals surface area contributed by atoms with Crippen LogP contribution in [0.5, 0.6) is 5.75 Å². The van der Waals surface area contributed by atoms with E-state index in [-0.39, 0.29) is 11.3 Å². The predicted molar refractivity (Wildman–Crippen MR) is 143 cm³/mol. The van der Waals surface area contributed by atoms with Gasteiger partial charge in [-0.15, -0.1) is 0 Å². The van der Waals surface area contributed by atoms with Crippen LogP contribution in [0.4, 0.5) is 5.13 Å². The molecule has 1 fully saturated rings. The molecule has 0 radical (unpaired) electrons. The number of carbonyl (C=O) groups excluding carboxylic acids is 2. The molecule has 0 bridgehead atoms. The third-order valence-electron chi connectivity index (χ3n) is 6.44. The Bertz CT molecular complexity index is 1520. The second-order valence-corrected chi connectivity index (χ2v) is 10.2. The monoisotopic (exact) mass is 498 g/mol. The van der Waals surface area contributed by atoms with Crippen molar-refractivity contribution in [3.63, 3.8) is 0 Å². The fourth-order valence-corrected chi connectivity index (χ4v) is 5.52. The first-order valence-electron chi connectivity index (χ1n) is 11.7. The number of hydrogen-bond acceptors (Lipinski definition) is 6. The van der Waals surface area contributed by atoms with E-state index in [0.29, 0.717) is 22.4 Å². The van der Waals surface area contributed by atoms with Crippen LogP contribution in [-0.2, 0) is 9.59 Å². The van der Waals surface area contributed by atoms with E-state index in [2.05, 4.69) is 19.9 Å². The van der Waals surface area contributed by atoms with E-state index in [1.165, 1.54) is 21.8 Å². The number of carbonyl (C=O) groups is 2.